The summed E-state index contributed by atoms with van der Waals surface area (Å²) in [5, 5.41) is 3.85. The van der Waals surface area contributed by atoms with Gasteiger partial charge in [0, 0.05) is 19.3 Å². The second-order valence-electron chi connectivity index (χ2n) is 2.20. The summed E-state index contributed by atoms with van der Waals surface area (Å²) in [5.74, 6) is 0.331. The second-order valence-corrected chi connectivity index (χ2v) is 5.23. The molecule has 5 nitrogen and oxygen atoms in total. The minimum Gasteiger partial charge on any atom is -0.274 e. The van der Waals surface area contributed by atoms with Crippen LogP contribution in [0, 0.1) is 0 Å². The molecule has 1 aromatic heterocycles. The minimum atomic E-state index is -3.27. The summed E-state index contributed by atoms with van der Waals surface area (Å²) in [6.45, 7) is 0. The topological polar surface area (TPSA) is 64.0 Å². The smallest absolute Gasteiger partial charge is 0.243 e. The Morgan fingerprint density at radius 3 is 2.83 bits per heavy atom. The van der Waals surface area contributed by atoms with E-state index in [1.165, 1.54) is 4.68 Å². The van der Waals surface area contributed by atoms with E-state index < -0.39 is 10.0 Å². The number of hydrogen-bond donors (Lipinski definition) is 1. The molecule has 0 aliphatic heterocycles. The van der Waals surface area contributed by atoms with Gasteiger partial charge in [0.15, 0.2) is 5.82 Å². The van der Waals surface area contributed by atoms with Gasteiger partial charge in [0.25, 0.3) is 0 Å². The molecule has 0 aliphatic carbocycles. The minimum absolute atomic E-state index is 0.128. The van der Waals surface area contributed by atoms with Crippen LogP contribution in [0.4, 0.5) is 5.82 Å². The highest BCUT2D eigenvalue weighted by molar-refractivity contribution is 9.10. The van der Waals surface area contributed by atoms with E-state index in [1.54, 1.807) is 19.3 Å². The number of nitrogens with zero attached hydrogens (tertiary/aromatic N) is 2. The van der Waals surface area contributed by atoms with Gasteiger partial charge in [0.05, 0.1) is 0 Å². The number of aryl methyl sites for hydroxylation is 1. The van der Waals surface area contributed by atoms with Crippen molar-refractivity contribution in [3.63, 3.8) is 0 Å². The van der Waals surface area contributed by atoms with Crippen molar-refractivity contribution in [1.29, 1.82) is 0 Å². The van der Waals surface area contributed by atoms with Crippen LogP contribution in [-0.4, -0.2) is 22.9 Å². The Morgan fingerprint density at radius 2 is 2.42 bits per heavy atom. The zero-order valence-electron chi connectivity index (χ0n) is 6.36. The predicted molar refractivity (Wildman–Crippen MR) is 49.5 cm³/mol. The van der Waals surface area contributed by atoms with E-state index in [9.17, 15) is 8.42 Å². The first kappa shape index (κ1) is 9.53. The maximum absolute atomic E-state index is 11.0. The number of rotatable bonds is 3. The Hall–Kier alpha value is -0.560. The number of alkyl halides is 1. The van der Waals surface area contributed by atoms with Crippen LogP contribution >= 0.6 is 15.9 Å². The summed E-state index contributed by atoms with van der Waals surface area (Å²) in [4.78, 5) is 0. The van der Waals surface area contributed by atoms with E-state index in [-0.39, 0.29) is 4.66 Å². The average Bonchev–Trinajstić information content (AvgIpc) is 2.35. The van der Waals surface area contributed by atoms with Crippen LogP contribution in [0.3, 0.4) is 0 Å². The third-order valence-electron chi connectivity index (χ3n) is 1.12. The van der Waals surface area contributed by atoms with Crippen molar-refractivity contribution >= 4 is 31.8 Å². The Bertz CT molecular complexity index is 359. The lowest BCUT2D eigenvalue weighted by molar-refractivity contribution is 0.605. The summed E-state index contributed by atoms with van der Waals surface area (Å²) >= 11 is 2.85. The van der Waals surface area contributed by atoms with Crippen molar-refractivity contribution in [3.8, 4) is 0 Å². The van der Waals surface area contributed by atoms with Crippen molar-refractivity contribution in [3.05, 3.63) is 12.3 Å². The summed E-state index contributed by atoms with van der Waals surface area (Å²) in [6, 6.07) is 1.58. The molecule has 0 bridgehead atoms. The molecule has 0 amide bonds. The molecular weight excluding hydrogens is 246 g/mol. The molecule has 0 atom stereocenters. The highest BCUT2D eigenvalue weighted by Gasteiger charge is 2.08. The monoisotopic (exact) mass is 253 g/mol. The zero-order chi connectivity index (χ0) is 9.19. The van der Waals surface area contributed by atoms with Crippen molar-refractivity contribution in [2.45, 2.75) is 0 Å². The fraction of sp³-hybridized carbons (Fsp3) is 0.400. The molecular formula is C5H8BrN3O2S. The normalized spacial score (nSPS) is 11.5. The molecule has 0 radical (unpaired) electrons. The van der Waals surface area contributed by atoms with Crippen LogP contribution in [0.15, 0.2) is 12.3 Å². The lowest BCUT2D eigenvalue weighted by Crippen LogP contribution is -2.13. The molecule has 12 heavy (non-hydrogen) atoms. The molecule has 1 aromatic rings. The van der Waals surface area contributed by atoms with Gasteiger partial charge in [-0.25, -0.2) is 8.42 Å². The van der Waals surface area contributed by atoms with Gasteiger partial charge in [0.1, 0.15) is 4.66 Å². The molecule has 0 fully saturated rings. The van der Waals surface area contributed by atoms with Gasteiger partial charge < -0.3 is 0 Å². The SMILES string of the molecule is Cn1ccc(NS(=O)(=O)CBr)n1. The van der Waals surface area contributed by atoms with Gasteiger partial charge in [-0.2, -0.15) is 5.10 Å². The molecule has 0 saturated heterocycles. The highest BCUT2D eigenvalue weighted by atomic mass is 79.9. The molecule has 0 aromatic carbocycles. The summed E-state index contributed by atoms with van der Waals surface area (Å²) in [6.07, 6.45) is 1.66. The number of anilines is 1. The van der Waals surface area contributed by atoms with Gasteiger partial charge >= 0.3 is 0 Å². The van der Waals surface area contributed by atoms with Gasteiger partial charge in [-0.1, -0.05) is 15.9 Å². The molecule has 1 heterocycles. The Labute approximate surface area is 78.9 Å². The van der Waals surface area contributed by atoms with E-state index in [0.717, 1.165) is 0 Å². The number of sulfonamides is 1. The van der Waals surface area contributed by atoms with Crippen molar-refractivity contribution in [1.82, 2.24) is 9.78 Å². The predicted octanol–water partition coefficient (Wildman–Crippen LogP) is 0.514. The highest BCUT2D eigenvalue weighted by Crippen LogP contribution is 2.05. The molecule has 0 saturated carbocycles. The second kappa shape index (κ2) is 3.44. The Balaban J connectivity index is 2.77. The lowest BCUT2D eigenvalue weighted by atomic mass is 10.7. The number of hydrogen-bond acceptors (Lipinski definition) is 3. The van der Waals surface area contributed by atoms with Crippen LogP contribution < -0.4 is 4.72 Å². The number of aromatic nitrogens is 2. The first-order valence-corrected chi connectivity index (χ1v) is 5.87. The van der Waals surface area contributed by atoms with Crippen molar-refractivity contribution in [2.75, 3.05) is 9.38 Å². The third-order valence-corrected chi connectivity index (χ3v) is 3.73. The Morgan fingerprint density at radius 1 is 1.75 bits per heavy atom. The van der Waals surface area contributed by atoms with E-state index in [4.69, 9.17) is 0 Å². The molecule has 7 heteroatoms. The molecule has 68 valence electrons. The van der Waals surface area contributed by atoms with E-state index in [2.05, 4.69) is 25.8 Å². The summed E-state index contributed by atoms with van der Waals surface area (Å²) in [7, 11) is -1.55. The third kappa shape index (κ3) is 2.49. The summed E-state index contributed by atoms with van der Waals surface area (Å²) < 4.78 is 25.6. The van der Waals surface area contributed by atoms with Gasteiger partial charge in [0.2, 0.25) is 10.0 Å². The van der Waals surface area contributed by atoms with Crippen LogP contribution in [0.5, 0.6) is 0 Å². The van der Waals surface area contributed by atoms with Crippen LogP contribution in [0.2, 0.25) is 0 Å². The van der Waals surface area contributed by atoms with Gasteiger partial charge in [-0.05, 0) is 0 Å². The zero-order valence-corrected chi connectivity index (χ0v) is 8.76. The largest absolute Gasteiger partial charge is 0.274 e. The van der Waals surface area contributed by atoms with E-state index >= 15 is 0 Å². The maximum Gasteiger partial charge on any atom is 0.243 e. The van der Waals surface area contributed by atoms with Crippen LogP contribution in [0.25, 0.3) is 0 Å². The lowest BCUT2D eigenvalue weighted by Gasteiger charge is -1.99. The molecule has 0 spiro atoms. The number of nitrogens with one attached hydrogen (secondary N) is 1. The maximum atomic E-state index is 11.0. The van der Waals surface area contributed by atoms with Gasteiger partial charge in [-0.3, -0.25) is 9.40 Å². The molecule has 1 N–H and O–H groups in total. The van der Waals surface area contributed by atoms with Crippen LogP contribution in [-0.2, 0) is 17.1 Å². The van der Waals surface area contributed by atoms with E-state index in [0.29, 0.717) is 5.82 Å². The first-order valence-electron chi connectivity index (χ1n) is 3.09. The average molecular weight is 254 g/mol. The first-order chi connectivity index (χ1) is 5.53. The standard InChI is InChI=1S/C5H8BrN3O2S/c1-9-3-2-5(7-9)8-12(10,11)4-6/h2-3H,4H2,1H3,(H,7,8). The fourth-order valence-corrected chi connectivity index (χ4v) is 1.48. The molecule has 0 unspecified atom stereocenters. The Kier molecular flexibility index (Phi) is 2.73. The fourth-order valence-electron chi connectivity index (χ4n) is 0.656. The van der Waals surface area contributed by atoms with Crippen molar-refractivity contribution < 1.29 is 8.42 Å². The summed E-state index contributed by atoms with van der Waals surface area (Å²) in [5.41, 5.74) is 0. The van der Waals surface area contributed by atoms with E-state index in [1.807, 2.05) is 0 Å². The van der Waals surface area contributed by atoms with Crippen molar-refractivity contribution in [2.24, 2.45) is 7.05 Å². The molecule has 0 aliphatic rings. The number of halogens is 1. The van der Waals surface area contributed by atoms with Gasteiger partial charge in [-0.15, -0.1) is 0 Å². The van der Waals surface area contributed by atoms with Crippen LogP contribution in [0.1, 0.15) is 0 Å². The molecule has 1 rings (SSSR count). The quantitative estimate of drug-likeness (QED) is 0.799.